The second-order valence-electron chi connectivity index (χ2n) is 6.37. The summed E-state index contributed by atoms with van der Waals surface area (Å²) in [6.45, 7) is 2.90. The van der Waals surface area contributed by atoms with Gasteiger partial charge in [-0.2, -0.15) is 0 Å². The molecule has 126 valence electrons. The summed E-state index contributed by atoms with van der Waals surface area (Å²) in [6.07, 6.45) is 3.47. The minimum Gasteiger partial charge on any atom is -0.510 e. The highest BCUT2D eigenvalue weighted by molar-refractivity contribution is 6.23. The van der Waals surface area contributed by atoms with Gasteiger partial charge >= 0.3 is 0 Å². The molecule has 3 aromatic rings. The van der Waals surface area contributed by atoms with Gasteiger partial charge in [0, 0.05) is 26.0 Å². The Morgan fingerprint density at radius 1 is 1.20 bits per heavy atom. The maximum absolute atomic E-state index is 10.5. The predicted molar refractivity (Wildman–Crippen MR) is 97.4 cm³/mol. The number of hydrogen-bond acceptors (Lipinski definition) is 4. The third kappa shape index (κ3) is 2.55. The van der Waals surface area contributed by atoms with Crippen LogP contribution in [0.15, 0.2) is 48.5 Å². The lowest BCUT2D eigenvalue weighted by Gasteiger charge is -2.18. The van der Waals surface area contributed by atoms with Crippen LogP contribution in [0.1, 0.15) is 17.0 Å². The molecule has 0 bridgehead atoms. The topological polar surface area (TPSA) is 78.0 Å². The number of rotatable bonds is 3. The highest BCUT2D eigenvalue weighted by atomic mass is 16.3. The molecule has 0 saturated heterocycles. The molecule has 0 fully saturated rings. The van der Waals surface area contributed by atoms with Crippen LogP contribution in [0.3, 0.4) is 0 Å². The van der Waals surface area contributed by atoms with Crippen LogP contribution in [0.2, 0.25) is 0 Å². The van der Waals surface area contributed by atoms with Gasteiger partial charge in [-0.25, -0.2) is 4.98 Å². The predicted octanol–water partition coefficient (Wildman–Crippen LogP) is 3.04. The molecule has 3 heterocycles. The average molecular weight is 333 g/mol. The van der Waals surface area contributed by atoms with Crippen LogP contribution in [0.4, 0.5) is 0 Å². The molecule has 0 amide bonds. The van der Waals surface area contributed by atoms with Gasteiger partial charge < -0.3 is 14.6 Å². The molecule has 4 rings (SSSR count). The van der Waals surface area contributed by atoms with E-state index in [1.165, 1.54) is 0 Å². The van der Waals surface area contributed by atoms with Gasteiger partial charge in [-0.1, -0.05) is 6.07 Å². The Kier molecular flexibility index (Phi) is 3.53. The van der Waals surface area contributed by atoms with E-state index in [0.717, 1.165) is 22.2 Å². The van der Waals surface area contributed by atoms with Crippen molar-refractivity contribution in [3.63, 3.8) is 0 Å². The molecular weight excluding hydrogens is 314 g/mol. The highest BCUT2D eigenvalue weighted by Crippen LogP contribution is 2.30. The first-order valence-electron chi connectivity index (χ1n) is 8.13. The van der Waals surface area contributed by atoms with Crippen molar-refractivity contribution < 1.29 is 5.11 Å². The van der Waals surface area contributed by atoms with E-state index in [1.807, 2.05) is 53.8 Å². The van der Waals surface area contributed by atoms with Crippen LogP contribution in [0.5, 0.6) is 0 Å². The monoisotopic (exact) mass is 333 g/mol. The summed E-state index contributed by atoms with van der Waals surface area (Å²) >= 11 is 0. The molecular formula is C19H19N5O. The van der Waals surface area contributed by atoms with E-state index in [9.17, 15) is 5.11 Å². The number of imidazole rings is 1. The van der Waals surface area contributed by atoms with Crippen LogP contribution in [0, 0.1) is 12.3 Å². The molecule has 0 aliphatic carbocycles. The lowest BCUT2D eigenvalue weighted by Crippen LogP contribution is -2.26. The lowest BCUT2D eigenvalue weighted by atomic mass is 10.2. The Morgan fingerprint density at radius 2 is 1.96 bits per heavy atom. The van der Waals surface area contributed by atoms with Gasteiger partial charge in [-0.15, -0.1) is 0 Å². The number of aliphatic hydroxyl groups excluding tert-OH is 1. The summed E-state index contributed by atoms with van der Waals surface area (Å²) in [5.41, 5.74) is 4.55. The van der Waals surface area contributed by atoms with Gasteiger partial charge in [0.25, 0.3) is 0 Å². The maximum atomic E-state index is 10.5. The van der Waals surface area contributed by atoms with Crippen molar-refractivity contribution in [2.45, 2.75) is 13.5 Å². The summed E-state index contributed by atoms with van der Waals surface area (Å²) in [5.74, 6) is 1.11. The molecule has 25 heavy (non-hydrogen) atoms. The zero-order chi connectivity index (χ0) is 17.6. The van der Waals surface area contributed by atoms with Crippen molar-refractivity contribution in [3.05, 3.63) is 65.4 Å². The fraction of sp³-hybridized carbons (Fsp3) is 0.211. The van der Waals surface area contributed by atoms with Crippen molar-refractivity contribution in [2.24, 2.45) is 7.05 Å². The molecule has 0 saturated carbocycles. The maximum Gasteiger partial charge on any atom is 0.148 e. The van der Waals surface area contributed by atoms with E-state index in [2.05, 4.69) is 9.97 Å². The number of amidine groups is 1. The van der Waals surface area contributed by atoms with Crippen LogP contribution < -0.4 is 0 Å². The average Bonchev–Trinajstić information content (AvgIpc) is 3.05. The number of nitrogens with one attached hydrogen (secondary N) is 1. The fourth-order valence-corrected chi connectivity index (χ4v) is 3.25. The second-order valence-corrected chi connectivity index (χ2v) is 6.37. The van der Waals surface area contributed by atoms with Crippen LogP contribution in [-0.2, 0) is 13.6 Å². The van der Waals surface area contributed by atoms with Crippen molar-refractivity contribution in [3.8, 4) is 0 Å². The summed E-state index contributed by atoms with van der Waals surface area (Å²) in [6, 6.07) is 9.91. The molecule has 0 radical (unpaired) electrons. The van der Waals surface area contributed by atoms with Gasteiger partial charge in [0.05, 0.1) is 23.2 Å². The molecule has 1 aliphatic heterocycles. The first kappa shape index (κ1) is 15.4. The summed E-state index contributed by atoms with van der Waals surface area (Å²) in [5, 5.41) is 19.0. The van der Waals surface area contributed by atoms with E-state index >= 15 is 0 Å². The highest BCUT2D eigenvalue weighted by Gasteiger charge is 2.31. The quantitative estimate of drug-likeness (QED) is 0.772. The smallest absolute Gasteiger partial charge is 0.148 e. The van der Waals surface area contributed by atoms with Crippen molar-refractivity contribution in [1.82, 2.24) is 19.4 Å². The van der Waals surface area contributed by atoms with Gasteiger partial charge in [0.1, 0.15) is 17.4 Å². The van der Waals surface area contributed by atoms with E-state index < -0.39 is 0 Å². The summed E-state index contributed by atoms with van der Waals surface area (Å²) < 4.78 is 1.94. The van der Waals surface area contributed by atoms with Gasteiger partial charge in [0.2, 0.25) is 0 Å². The third-order valence-electron chi connectivity index (χ3n) is 4.56. The number of aromatic nitrogens is 3. The normalized spacial score (nSPS) is 14.8. The van der Waals surface area contributed by atoms with Gasteiger partial charge in [0.15, 0.2) is 0 Å². The Hall–Kier alpha value is -3.15. The Labute approximate surface area is 145 Å². The first-order valence-corrected chi connectivity index (χ1v) is 8.13. The molecule has 1 aliphatic rings. The number of aliphatic hydroxyl groups is 1. The number of benzene rings is 1. The number of hydrogen-bond donors (Lipinski definition) is 2. The third-order valence-corrected chi connectivity index (χ3v) is 4.56. The molecule has 0 unspecified atom stereocenters. The minimum atomic E-state index is 0.189. The molecule has 0 spiro atoms. The first-order chi connectivity index (χ1) is 12.0. The van der Waals surface area contributed by atoms with Gasteiger partial charge in [-0.3, -0.25) is 10.4 Å². The second kappa shape index (κ2) is 5.73. The van der Waals surface area contributed by atoms with Crippen LogP contribution in [-0.4, -0.2) is 36.9 Å². The van der Waals surface area contributed by atoms with Crippen molar-refractivity contribution >= 4 is 22.4 Å². The number of aryl methyl sites for hydroxylation is 2. The Morgan fingerprint density at radius 3 is 2.72 bits per heavy atom. The Bertz CT molecular complexity index is 1000. The SMILES string of the molecule is Cc1ccc2c(c1)nc(C1=C(O)CN(Cc3ccncc3)C1=N)n2C. The van der Waals surface area contributed by atoms with Crippen LogP contribution in [0.25, 0.3) is 16.6 Å². The molecule has 6 nitrogen and oxygen atoms in total. The van der Waals surface area contributed by atoms with Crippen LogP contribution >= 0.6 is 0 Å². The Balaban J connectivity index is 1.70. The lowest BCUT2D eigenvalue weighted by molar-refractivity contribution is 0.347. The minimum absolute atomic E-state index is 0.189. The summed E-state index contributed by atoms with van der Waals surface area (Å²) in [4.78, 5) is 10.5. The van der Waals surface area contributed by atoms with Gasteiger partial charge in [-0.05, 0) is 42.3 Å². The molecule has 2 aromatic heterocycles. The molecule has 0 atom stereocenters. The van der Waals surface area contributed by atoms with Crippen molar-refractivity contribution in [1.29, 1.82) is 5.41 Å². The van der Waals surface area contributed by atoms with E-state index in [4.69, 9.17) is 5.41 Å². The zero-order valence-corrected chi connectivity index (χ0v) is 14.2. The van der Waals surface area contributed by atoms with E-state index in [-0.39, 0.29) is 5.76 Å². The number of nitrogens with zero attached hydrogens (tertiary/aromatic N) is 4. The van der Waals surface area contributed by atoms with E-state index in [0.29, 0.717) is 30.3 Å². The standard InChI is InChI=1S/C19H19N5O/c1-12-3-4-15-14(9-12)22-19(23(15)2)17-16(25)11-24(18(17)20)10-13-5-7-21-8-6-13/h3-9,20,25H,10-11H2,1-2H3. The molecule has 1 aromatic carbocycles. The number of fused-ring (bicyclic) bond motifs is 1. The molecule has 2 N–H and O–H groups in total. The zero-order valence-electron chi connectivity index (χ0n) is 14.2. The fourth-order valence-electron chi connectivity index (χ4n) is 3.25. The van der Waals surface area contributed by atoms with E-state index in [1.54, 1.807) is 12.4 Å². The van der Waals surface area contributed by atoms with Crippen molar-refractivity contribution in [2.75, 3.05) is 6.54 Å². The largest absolute Gasteiger partial charge is 0.510 e. The molecule has 6 heteroatoms. The summed E-state index contributed by atoms with van der Waals surface area (Å²) in [7, 11) is 1.92. The number of pyridine rings is 1.